The van der Waals surface area contributed by atoms with Crippen LogP contribution in [0.15, 0.2) is 54.6 Å². The van der Waals surface area contributed by atoms with Gasteiger partial charge in [0, 0.05) is 48.2 Å². The lowest BCUT2D eigenvalue weighted by atomic mass is 10.0. The number of carbonyl (C=O) groups is 1. The van der Waals surface area contributed by atoms with Crippen LogP contribution in [0.4, 0.5) is 24.5 Å². The summed E-state index contributed by atoms with van der Waals surface area (Å²) >= 11 is 6.10. The molecule has 0 aliphatic carbocycles. The van der Waals surface area contributed by atoms with E-state index < -0.39 is 17.8 Å². The first-order valence-electron chi connectivity index (χ1n) is 12.0. The van der Waals surface area contributed by atoms with Gasteiger partial charge in [-0.1, -0.05) is 23.7 Å². The molecule has 3 aromatic rings. The number of rotatable bonds is 8. The minimum Gasteiger partial charge on any atom is -0.497 e. The second-order valence-corrected chi connectivity index (χ2v) is 9.47. The molecule has 0 aromatic heterocycles. The molecule has 10 heteroatoms. The van der Waals surface area contributed by atoms with E-state index in [9.17, 15) is 18.0 Å². The van der Waals surface area contributed by atoms with Crippen molar-refractivity contribution in [1.82, 2.24) is 0 Å². The van der Waals surface area contributed by atoms with E-state index in [-0.39, 0.29) is 31.4 Å². The topological polar surface area (TPSA) is 62.2 Å². The molecular weight excluding hydrogens is 521 g/mol. The normalized spacial score (nSPS) is 13.7. The zero-order chi connectivity index (χ0) is 27.6. The number of methoxy groups -OCH3 is 1. The maximum absolute atomic E-state index is 14.2. The smallest absolute Gasteiger partial charge is 0.416 e. The third-order valence-corrected chi connectivity index (χ3v) is 6.85. The predicted octanol–water partition coefficient (Wildman–Crippen LogP) is 5.81. The molecule has 38 heavy (non-hydrogen) atoms. The van der Waals surface area contributed by atoms with Crippen LogP contribution in [0.2, 0.25) is 5.02 Å². The van der Waals surface area contributed by atoms with Crippen LogP contribution in [-0.2, 0) is 17.4 Å². The Kier molecular flexibility index (Phi) is 8.08. The molecule has 3 aromatic carbocycles. The van der Waals surface area contributed by atoms with Crippen LogP contribution < -0.4 is 19.3 Å². The van der Waals surface area contributed by atoms with Gasteiger partial charge in [0.05, 0.1) is 19.3 Å². The van der Waals surface area contributed by atoms with Crippen molar-refractivity contribution in [3.05, 3.63) is 81.9 Å². The first-order valence-corrected chi connectivity index (χ1v) is 12.3. The molecule has 1 N–H and O–H groups in total. The number of benzene rings is 3. The monoisotopic (exact) mass is 548 g/mol. The number of aliphatic hydroxyl groups is 1. The highest BCUT2D eigenvalue weighted by Gasteiger charge is 2.38. The summed E-state index contributed by atoms with van der Waals surface area (Å²) in [4.78, 5) is 17.3. The van der Waals surface area contributed by atoms with Gasteiger partial charge in [0.2, 0.25) is 0 Å². The minimum atomic E-state index is -4.53. The standard InChI is InChI=1S/C28H28ClF3N2O4/c1-17-12-19(28(30,31)32)13-25-24(17)8-9-34(25)27(36)26(18-4-6-20(29)7-5-18)33(2)21-14-22(37-3)16-23(15-21)38-11-10-35/h4-7,12-16,26,35H,8-11H2,1-3H3. The van der Waals surface area contributed by atoms with Gasteiger partial charge < -0.3 is 24.4 Å². The van der Waals surface area contributed by atoms with Gasteiger partial charge in [0.15, 0.2) is 0 Å². The fourth-order valence-corrected chi connectivity index (χ4v) is 4.83. The van der Waals surface area contributed by atoms with Crippen molar-refractivity contribution in [2.45, 2.75) is 25.6 Å². The van der Waals surface area contributed by atoms with E-state index >= 15 is 0 Å². The average Bonchev–Trinajstić information content (AvgIpc) is 3.32. The highest BCUT2D eigenvalue weighted by Crippen LogP contribution is 2.41. The molecule has 1 aliphatic heterocycles. The van der Waals surface area contributed by atoms with Crippen molar-refractivity contribution >= 4 is 28.9 Å². The SMILES string of the molecule is COc1cc(OCCO)cc(N(C)C(C(=O)N2CCc3c(C)cc(C(F)(F)F)cc32)c2ccc(Cl)cc2)c1. The fourth-order valence-electron chi connectivity index (χ4n) is 4.70. The number of aryl methyl sites for hydroxylation is 1. The van der Waals surface area contributed by atoms with Crippen LogP contribution in [0, 0.1) is 6.92 Å². The van der Waals surface area contributed by atoms with Gasteiger partial charge in [-0.25, -0.2) is 0 Å². The van der Waals surface area contributed by atoms with Crippen LogP contribution in [0.5, 0.6) is 11.5 Å². The number of amides is 1. The largest absolute Gasteiger partial charge is 0.497 e. The van der Waals surface area contributed by atoms with E-state index in [0.29, 0.717) is 39.8 Å². The molecule has 0 saturated carbocycles. The predicted molar refractivity (Wildman–Crippen MR) is 140 cm³/mol. The molecule has 1 unspecified atom stereocenters. The minimum absolute atomic E-state index is 0.0708. The summed E-state index contributed by atoms with van der Waals surface area (Å²) in [5, 5.41) is 9.64. The van der Waals surface area contributed by atoms with E-state index in [0.717, 1.165) is 17.7 Å². The van der Waals surface area contributed by atoms with Crippen molar-refractivity contribution < 1.29 is 32.5 Å². The number of alkyl halides is 3. The van der Waals surface area contributed by atoms with Crippen molar-refractivity contribution in [2.24, 2.45) is 0 Å². The molecule has 1 amide bonds. The van der Waals surface area contributed by atoms with Gasteiger partial charge in [-0.2, -0.15) is 13.2 Å². The van der Waals surface area contributed by atoms with Crippen molar-refractivity contribution in [2.75, 3.05) is 43.7 Å². The van der Waals surface area contributed by atoms with Crippen LogP contribution in [0.1, 0.15) is 28.3 Å². The third-order valence-electron chi connectivity index (χ3n) is 6.59. The Morgan fingerprint density at radius 1 is 1.13 bits per heavy atom. The van der Waals surface area contributed by atoms with Crippen LogP contribution >= 0.6 is 11.6 Å². The van der Waals surface area contributed by atoms with E-state index in [1.807, 2.05) is 0 Å². The molecule has 0 radical (unpaired) electrons. The molecule has 0 bridgehead atoms. The Morgan fingerprint density at radius 3 is 2.45 bits per heavy atom. The number of nitrogens with zero attached hydrogens (tertiary/aromatic N) is 2. The molecule has 0 fully saturated rings. The van der Waals surface area contributed by atoms with Gasteiger partial charge in [-0.15, -0.1) is 0 Å². The molecule has 6 nitrogen and oxygen atoms in total. The summed E-state index contributed by atoms with van der Waals surface area (Å²) < 4.78 is 51.8. The molecule has 1 atom stereocenters. The number of ether oxygens (including phenoxy) is 2. The number of likely N-dealkylation sites (N-methyl/N-ethyl adjacent to an activating group) is 1. The molecule has 1 heterocycles. The van der Waals surface area contributed by atoms with Gasteiger partial charge in [-0.3, -0.25) is 4.79 Å². The average molecular weight is 549 g/mol. The number of aliphatic hydroxyl groups excluding tert-OH is 1. The number of fused-ring (bicyclic) bond motifs is 1. The summed E-state index contributed by atoms with van der Waals surface area (Å²) in [6.45, 7) is 1.79. The van der Waals surface area contributed by atoms with Gasteiger partial charge in [0.1, 0.15) is 24.1 Å². The van der Waals surface area contributed by atoms with Crippen LogP contribution in [0.3, 0.4) is 0 Å². The lowest BCUT2D eigenvalue weighted by Crippen LogP contribution is -2.41. The Balaban J connectivity index is 1.79. The molecule has 0 saturated heterocycles. The lowest BCUT2D eigenvalue weighted by Gasteiger charge is -2.33. The summed E-state index contributed by atoms with van der Waals surface area (Å²) in [6, 6.07) is 13.1. The highest BCUT2D eigenvalue weighted by atomic mass is 35.5. The zero-order valence-electron chi connectivity index (χ0n) is 21.2. The highest BCUT2D eigenvalue weighted by molar-refractivity contribution is 6.30. The summed E-state index contributed by atoms with van der Waals surface area (Å²) in [6.07, 6.45) is -4.07. The van der Waals surface area contributed by atoms with Crippen molar-refractivity contribution in [1.29, 1.82) is 0 Å². The first kappa shape index (κ1) is 27.6. The Hall–Kier alpha value is -3.43. The van der Waals surface area contributed by atoms with E-state index in [2.05, 4.69) is 0 Å². The maximum atomic E-state index is 14.2. The second-order valence-electron chi connectivity index (χ2n) is 9.03. The molecule has 4 rings (SSSR count). The molecule has 202 valence electrons. The number of anilines is 2. The Labute approximate surface area is 224 Å². The van der Waals surface area contributed by atoms with Crippen LogP contribution in [-0.4, -0.2) is 44.9 Å². The Bertz CT molecular complexity index is 1310. The van der Waals surface area contributed by atoms with E-state index in [4.69, 9.17) is 26.2 Å². The summed E-state index contributed by atoms with van der Waals surface area (Å²) in [5.74, 6) is 0.522. The van der Waals surface area contributed by atoms with Gasteiger partial charge in [-0.05, 0) is 54.3 Å². The maximum Gasteiger partial charge on any atom is 0.416 e. The number of carbonyl (C=O) groups excluding carboxylic acids is 1. The molecular formula is C28H28ClF3N2O4. The molecule has 1 aliphatic rings. The number of hydrogen-bond acceptors (Lipinski definition) is 5. The first-order chi connectivity index (χ1) is 18.0. The van der Waals surface area contributed by atoms with E-state index in [1.165, 1.54) is 12.0 Å². The van der Waals surface area contributed by atoms with E-state index in [1.54, 1.807) is 61.3 Å². The van der Waals surface area contributed by atoms with Gasteiger partial charge in [0.25, 0.3) is 5.91 Å². The summed E-state index contributed by atoms with van der Waals surface area (Å²) in [5.41, 5.74) is 1.89. The molecule has 0 spiro atoms. The number of hydrogen-bond donors (Lipinski definition) is 1. The fraction of sp³-hybridized carbons (Fsp3) is 0.321. The zero-order valence-corrected chi connectivity index (χ0v) is 21.9. The summed E-state index contributed by atoms with van der Waals surface area (Å²) in [7, 11) is 3.22. The lowest BCUT2D eigenvalue weighted by molar-refractivity contribution is -0.137. The van der Waals surface area contributed by atoms with Gasteiger partial charge >= 0.3 is 6.18 Å². The van der Waals surface area contributed by atoms with Crippen LogP contribution in [0.25, 0.3) is 0 Å². The third kappa shape index (κ3) is 5.68. The van der Waals surface area contributed by atoms with Crippen molar-refractivity contribution in [3.63, 3.8) is 0 Å². The quantitative estimate of drug-likeness (QED) is 0.385. The second kappa shape index (κ2) is 11.1. The number of halogens is 4. The van der Waals surface area contributed by atoms with Crippen molar-refractivity contribution in [3.8, 4) is 11.5 Å². The Morgan fingerprint density at radius 2 is 1.82 bits per heavy atom.